The van der Waals surface area contributed by atoms with Crippen LogP contribution in [0.15, 0.2) is 29.0 Å². The summed E-state index contributed by atoms with van der Waals surface area (Å²) in [6, 6.07) is 6.37. The van der Waals surface area contributed by atoms with E-state index in [4.69, 9.17) is 0 Å². The Hall–Kier alpha value is -1.23. The summed E-state index contributed by atoms with van der Waals surface area (Å²) in [7, 11) is 0. The van der Waals surface area contributed by atoms with Gasteiger partial charge >= 0.3 is 0 Å². The zero-order chi connectivity index (χ0) is 9.26. The molecule has 0 amide bonds. The van der Waals surface area contributed by atoms with Gasteiger partial charge in [0.1, 0.15) is 5.82 Å². The molecule has 0 saturated carbocycles. The van der Waals surface area contributed by atoms with Crippen molar-refractivity contribution in [3.63, 3.8) is 0 Å². The maximum Gasteiger partial charge on any atom is 0.193 e. The molecular formula is C8H5BrFN3. The molecule has 0 aliphatic rings. The van der Waals surface area contributed by atoms with E-state index in [9.17, 15) is 4.39 Å². The normalized spacial score (nSPS) is 10.3. The van der Waals surface area contributed by atoms with Crippen LogP contribution >= 0.6 is 15.9 Å². The fourth-order valence-electron chi connectivity index (χ4n) is 1.01. The van der Waals surface area contributed by atoms with Gasteiger partial charge in [-0.2, -0.15) is 5.10 Å². The van der Waals surface area contributed by atoms with Gasteiger partial charge in [0.2, 0.25) is 0 Å². The second-order valence-corrected chi connectivity index (χ2v) is 3.18. The lowest BCUT2D eigenvalue weighted by Gasteiger charge is -1.94. The first-order valence-corrected chi connectivity index (χ1v) is 4.39. The summed E-state index contributed by atoms with van der Waals surface area (Å²) in [4.78, 5) is 3.95. The Bertz CT molecular complexity index is 427. The maximum atomic E-state index is 13.2. The molecule has 0 aliphatic carbocycles. The Labute approximate surface area is 82.1 Å². The van der Waals surface area contributed by atoms with Crippen molar-refractivity contribution in [2.45, 2.75) is 0 Å². The van der Waals surface area contributed by atoms with E-state index in [1.807, 2.05) is 0 Å². The number of nitrogens with one attached hydrogen (secondary N) is 1. The minimum Gasteiger partial charge on any atom is -0.253 e. The average molecular weight is 242 g/mol. The van der Waals surface area contributed by atoms with Gasteiger partial charge < -0.3 is 0 Å². The second kappa shape index (κ2) is 3.26. The molecule has 1 heterocycles. The molecular weight excluding hydrogens is 237 g/mol. The summed E-state index contributed by atoms with van der Waals surface area (Å²) >= 11 is 3.10. The SMILES string of the molecule is Fc1ccccc1-c1n[nH]c(Br)n1. The molecule has 0 fully saturated rings. The smallest absolute Gasteiger partial charge is 0.193 e. The number of H-pyrrole nitrogens is 1. The second-order valence-electron chi connectivity index (χ2n) is 2.43. The number of nitrogens with zero attached hydrogens (tertiary/aromatic N) is 2. The molecule has 3 nitrogen and oxygen atoms in total. The van der Waals surface area contributed by atoms with Gasteiger partial charge in [0.25, 0.3) is 0 Å². The lowest BCUT2D eigenvalue weighted by atomic mass is 10.2. The molecule has 0 aliphatic heterocycles. The molecule has 0 radical (unpaired) electrons. The molecule has 1 N–H and O–H groups in total. The first-order valence-electron chi connectivity index (χ1n) is 3.60. The van der Waals surface area contributed by atoms with Crippen molar-refractivity contribution in [2.75, 3.05) is 0 Å². The lowest BCUT2D eigenvalue weighted by Crippen LogP contribution is -1.85. The number of aromatic amines is 1. The van der Waals surface area contributed by atoms with Gasteiger partial charge in [0, 0.05) is 0 Å². The summed E-state index contributed by atoms with van der Waals surface area (Å²) in [5.41, 5.74) is 0.393. The van der Waals surface area contributed by atoms with Crippen molar-refractivity contribution in [1.82, 2.24) is 15.2 Å². The molecule has 66 valence electrons. The first kappa shape index (κ1) is 8.37. The molecule has 1 aromatic carbocycles. The summed E-state index contributed by atoms with van der Waals surface area (Å²) in [5.74, 6) is 0.0268. The molecule has 0 bridgehead atoms. The zero-order valence-corrected chi connectivity index (χ0v) is 8.05. The summed E-state index contributed by atoms with van der Waals surface area (Å²) in [6.07, 6.45) is 0. The van der Waals surface area contributed by atoms with Crippen LogP contribution < -0.4 is 0 Å². The monoisotopic (exact) mass is 241 g/mol. The molecule has 0 spiro atoms. The predicted octanol–water partition coefficient (Wildman–Crippen LogP) is 2.37. The van der Waals surface area contributed by atoms with E-state index in [1.165, 1.54) is 6.07 Å². The van der Waals surface area contributed by atoms with Gasteiger partial charge in [0.05, 0.1) is 5.56 Å². The highest BCUT2D eigenvalue weighted by molar-refractivity contribution is 9.10. The van der Waals surface area contributed by atoms with Crippen molar-refractivity contribution in [3.8, 4) is 11.4 Å². The molecule has 2 rings (SSSR count). The van der Waals surface area contributed by atoms with Gasteiger partial charge in [-0.25, -0.2) is 9.37 Å². The van der Waals surface area contributed by atoms with E-state index in [0.29, 0.717) is 16.1 Å². The summed E-state index contributed by atoms with van der Waals surface area (Å²) < 4.78 is 13.7. The van der Waals surface area contributed by atoms with E-state index in [-0.39, 0.29) is 5.82 Å². The number of halogens is 2. The summed E-state index contributed by atoms with van der Waals surface area (Å²) in [6.45, 7) is 0. The third-order valence-electron chi connectivity index (χ3n) is 1.57. The van der Waals surface area contributed by atoms with E-state index < -0.39 is 0 Å². The van der Waals surface area contributed by atoms with Gasteiger partial charge in [-0.15, -0.1) is 0 Å². The molecule has 5 heteroatoms. The van der Waals surface area contributed by atoms with E-state index in [1.54, 1.807) is 18.2 Å². The van der Waals surface area contributed by atoms with Crippen molar-refractivity contribution in [2.24, 2.45) is 0 Å². The van der Waals surface area contributed by atoms with Crippen LogP contribution in [0.3, 0.4) is 0 Å². The lowest BCUT2D eigenvalue weighted by molar-refractivity contribution is 0.630. The average Bonchev–Trinajstić information content (AvgIpc) is 2.53. The number of aromatic nitrogens is 3. The highest BCUT2D eigenvalue weighted by Gasteiger charge is 2.08. The van der Waals surface area contributed by atoms with E-state index in [0.717, 1.165) is 0 Å². The van der Waals surface area contributed by atoms with Crippen LogP contribution in [-0.2, 0) is 0 Å². The Kier molecular flexibility index (Phi) is 2.10. The Morgan fingerprint density at radius 3 is 2.69 bits per heavy atom. The topological polar surface area (TPSA) is 41.6 Å². The van der Waals surface area contributed by atoms with Gasteiger partial charge in [0.15, 0.2) is 10.6 Å². The van der Waals surface area contributed by atoms with Gasteiger partial charge in [-0.3, -0.25) is 5.10 Å². The standard InChI is InChI=1S/C8H5BrFN3/c9-8-11-7(12-13-8)5-3-1-2-4-6(5)10/h1-4H,(H,11,12,13). The highest BCUT2D eigenvalue weighted by Crippen LogP contribution is 2.18. The van der Waals surface area contributed by atoms with Crippen LogP contribution in [0.2, 0.25) is 0 Å². The molecule has 0 saturated heterocycles. The maximum absolute atomic E-state index is 13.2. The molecule has 2 aromatic rings. The van der Waals surface area contributed by atoms with Crippen LogP contribution in [0.4, 0.5) is 4.39 Å². The Balaban J connectivity index is 2.52. The number of rotatable bonds is 1. The van der Waals surface area contributed by atoms with E-state index in [2.05, 4.69) is 31.1 Å². The molecule has 13 heavy (non-hydrogen) atoms. The quantitative estimate of drug-likeness (QED) is 0.833. The van der Waals surface area contributed by atoms with Crippen LogP contribution in [-0.4, -0.2) is 15.2 Å². The zero-order valence-electron chi connectivity index (χ0n) is 6.46. The third-order valence-corrected chi connectivity index (χ3v) is 1.93. The van der Waals surface area contributed by atoms with Crippen LogP contribution in [0, 0.1) is 5.82 Å². The van der Waals surface area contributed by atoms with Crippen LogP contribution in [0.5, 0.6) is 0 Å². The fraction of sp³-hybridized carbons (Fsp3) is 0. The minimum atomic E-state index is -0.325. The Morgan fingerprint density at radius 2 is 2.08 bits per heavy atom. The van der Waals surface area contributed by atoms with Crippen molar-refractivity contribution < 1.29 is 4.39 Å². The van der Waals surface area contributed by atoms with Gasteiger partial charge in [-0.05, 0) is 28.1 Å². The minimum absolute atomic E-state index is 0.325. The van der Waals surface area contributed by atoms with Crippen molar-refractivity contribution >= 4 is 15.9 Å². The van der Waals surface area contributed by atoms with Crippen LogP contribution in [0.1, 0.15) is 0 Å². The first-order chi connectivity index (χ1) is 6.27. The van der Waals surface area contributed by atoms with Crippen molar-refractivity contribution in [3.05, 3.63) is 34.8 Å². The highest BCUT2D eigenvalue weighted by atomic mass is 79.9. The van der Waals surface area contributed by atoms with Crippen LogP contribution in [0.25, 0.3) is 11.4 Å². The number of benzene rings is 1. The molecule has 0 unspecified atom stereocenters. The fourth-order valence-corrected chi connectivity index (χ4v) is 1.26. The predicted molar refractivity (Wildman–Crippen MR) is 49.5 cm³/mol. The number of hydrogen-bond donors (Lipinski definition) is 1. The van der Waals surface area contributed by atoms with Gasteiger partial charge in [-0.1, -0.05) is 12.1 Å². The van der Waals surface area contributed by atoms with E-state index >= 15 is 0 Å². The molecule has 0 atom stereocenters. The van der Waals surface area contributed by atoms with Crippen molar-refractivity contribution in [1.29, 1.82) is 0 Å². The third kappa shape index (κ3) is 1.60. The molecule has 1 aromatic heterocycles. The Morgan fingerprint density at radius 1 is 1.31 bits per heavy atom. The number of hydrogen-bond acceptors (Lipinski definition) is 2. The summed E-state index contributed by atoms with van der Waals surface area (Å²) in [5, 5.41) is 6.41. The largest absolute Gasteiger partial charge is 0.253 e.